The number of anilines is 1. The second-order valence-electron chi connectivity index (χ2n) is 4.49. The van der Waals surface area contributed by atoms with Gasteiger partial charge in [0.05, 0.1) is 10.4 Å². The quantitative estimate of drug-likeness (QED) is 0.644. The highest BCUT2D eigenvalue weighted by molar-refractivity contribution is 7.89. The van der Waals surface area contributed by atoms with E-state index in [0.29, 0.717) is 0 Å². The molecule has 18 heavy (non-hydrogen) atoms. The number of nitrogens with two attached hydrogens (primary N) is 1. The highest BCUT2D eigenvalue weighted by Crippen LogP contribution is 2.21. The van der Waals surface area contributed by atoms with E-state index < -0.39 is 21.4 Å². The number of terminal acetylenes is 1. The first-order valence-electron chi connectivity index (χ1n) is 5.16. The van der Waals surface area contributed by atoms with Gasteiger partial charge in [0, 0.05) is 11.3 Å². The van der Waals surface area contributed by atoms with Gasteiger partial charge in [0.25, 0.3) is 0 Å². The van der Waals surface area contributed by atoms with E-state index in [1.54, 1.807) is 0 Å². The maximum absolute atomic E-state index is 13.5. The number of nitrogen functional groups attached to an aromatic ring is 1. The number of hydrogen-bond acceptors (Lipinski definition) is 3. The van der Waals surface area contributed by atoms with Crippen molar-refractivity contribution in [3.63, 3.8) is 0 Å². The van der Waals surface area contributed by atoms with Gasteiger partial charge in [-0.05, 0) is 32.9 Å². The molecule has 98 valence electrons. The van der Waals surface area contributed by atoms with E-state index in [9.17, 15) is 12.8 Å². The smallest absolute Gasteiger partial charge is 0.242 e. The third kappa shape index (κ3) is 3.00. The number of benzene rings is 1. The van der Waals surface area contributed by atoms with Gasteiger partial charge in [0.15, 0.2) is 0 Å². The monoisotopic (exact) mass is 270 g/mol. The first-order chi connectivity index (χ1) is 8.09. The molecule has 1 rings (SSSR count). The van der Waals surface area contributed by atoms with Gasteiger partial charge in [-0.3, -0.25) is 0 Å². The van der Waals surface area contributed by atoms with Crippen LogP contribution >= 0.6 is 0 Å². The van der Waals surface area contributed by atoms with Gasteiger partial charge in [-0.15, -0.1) is 6.42 Å². The van der Waals surface area contributed by atoms with Gasteiger partial charge >= 0.3 is 0 Å². The largest absolute Gasteiger partial charge is 0.398 e. The lowest BCUT2D eigenvalue weighted by Crippen LogP contribution is -2.42. The Bertz CT molecular complexity index is 592. The van der Waals surface area contributed by atoms with Crippen LogP contribution in [0.3, 0.4) is 0 Å². The molecule has 6 heteroatoms. The number of rotatable bonds is 3. The Labute approximate surface area is 106 Å². The molecule has 0 radical (unpaired) electrons. The molecule has 4 nitrogen and oxygen atoms in total. The molecule has 1 aromatic rings. The van der Waals surface area contributed by atoms with Crippen LogP contribution in [0, 0.1) is 25.1 Å². The van der Waals surface area contributed by atoms with E-state index in [1.165, 1.54) is 26.8 Å². The Morgan fingerprint density at radius 1 is 1.44 bits per heavy atom. The maximum atomic E-state index is 13.5. The fraction of sp³-hybridized carbons (Fsp3) is 0.333. The molecule has 0 aliphatic rings. The van der Waals surface area contributed by atoms with Crippen molar-refractivity contribution in [2.24, 2.45) is 0 Å². The van der Waals surface area contributed by atoms with Crippen molar-refractivity contribution in [2.75, 3.05) is 5.73 Å². The highest BCUT2D eigenvalue weighted by Gasteiger charge is 2.25. The SMILES string of the molecule is C#CC(C)(C)NS(=O)(=O)c1cc(N)c(C)c(F)c1. The molecule has 0 aliphatic carbocycles. The summed E-state index contributed by atoms with van der Waals surface area (Å²) in [5.41, 5.74) is 4.77. The van der Waals surface area contributed by atoms with Crippen LogP contribution in [0.15, 0.2) is 17.0 Å². The van der Waals surface area contributed by atoms with Crippen molar-refractivity contribution in [1.29, 1.82) is 0 Å². The van der Waals surface area contributed by atoms with Gasteiger partial charge < -0.3 is 5.73 Å². The predicted molar refractivity (Wildman–Crippen MR) is 68.8 cm³/mol. The Morgan fingerprint density at radius 3 is 2.44 bits per heavy atom. The van der Waals surface area contributed by atoms with Crippen LogP contribution in [0.4, 0.5) is 10.1 Å². The summed E-state index contributed by atoms with van der Waals surface area (Å²) in [7, 11) is -3.90. The van der Waals surface area contributed by atoms with Gasteiger partial charge in [-0.2, -0.15) is 4.72 Å². The average Bonchev–Trinajstić information content (AvgIpc) is 2.23. The number of hydrogen-bond donors (Lipinski definition) is 2. The zero-order chi connectivity index (χ0) is 14.1. The molecule has 0 aliphatic heterocycles. The molecular formula is C12H15FN2O2S. The summed E-state index contributed by atoms with van der Waals surface area (Å²) in [6, 6.07) is 2.12. The fourth-order valence-electron chi connectivity index (χ4n) is 1.25. The molecule has 1 aromatic carbocycles. The van der Waals surface area contributed by atoms with Crippen LogP contribution in [0.25, 0.3) is 0 Å². The molecule has 0 saturated carbocycles. The van der Waals surface area contributed by atoms with Gasteiger partial charge in [0.2, 0.25) is 10.0 Å². The molecule has 3 N–H and O–H groups in total. The van der Waals surface area contributed by atoms with Crippen molar-refractivity contribution in [3.05, 3.63) is 23.5 Å². The second-order valence-corrected chi connectivity index (χ2v) is 6.18. The Morgan fingerprint density at radius 2 is 2.00 bits per heavy atom. The summed E-state index contributed by atoms with van der Waals surface area (Å²) in [6.07, 6.45) is 5.20. The van der Waals surface area contributed by atoms with E-state index in [2.05, 4.69) is 10.6 Å². The van der Waals surface area contributed by atoms with Crippen LogP contribution in [-0.4, -0.2) is 14.0 Å². The number of halogens is 1. The van der Waals surface area contributed by atoms with Crippen molar-refractivity contribution in [3.8, 4) is 12.3 Å². The minimum Gasteiger partial charge on any atom is -0.398 e. The minimum atomic E-state index is -3.90. The van der Waals surface area contributed by atoms with Gasteiger partial charge in [0.1, 0.15) is 5.82 Å². The standard InChI is InChI=1S/C12H15FN2O2S/c1-5-12(3,4)15-18(16,17)9-6-10(13)8(2)11(14)7-9/h1,6-7,15H,14H2,2-4H3. The number of nitrogens with one attached hydrogen (secondary N) is 1. The van der Waals surface area contributed by atoms with Gasteiger partial charge in [-0.1, -0.05) is 5.92 Å². The lowest BCUT2D eigenvalue weighted by molar-refractivity contribution is 0.537. The molecule has 0 heterocycles. The molecule has 0 unspecified atom stereocenters. The zero-order valence-corrected chi connectivity index (χ0v) is 11.2. The summed E-state index contributed by atoms with van der Waals surface area (Å²) in [6.45, 7) is 4.52. The van der Waals surface area contributed by atoms with E-state index in [0.717, 1.165) is 6.07 Å². The molecule has 0 atom stereocenters. The molecule has 0 saturated heterocycles. The molecule has 0 bridgehead atoms. The summed E-state index contributed by atoms with van der Waals surface area (Å²) in [4.78, 5) is -0.244. The summed E-state index contributed by atoms with van der Waals surface area (Å²) >= 11 is 0. The lowest BCUT2D eigenvalue weighted by atomic mass is 10.1. The van der Waals surface area contributed by atoms with E-state index in [-0.39, 0.29) is 16.1 Å². The fourth-order valence-corrected chi connectivity index (χ4v) is 2.64. The Hall–Kier alpha value is -1.58. The van der Waals surface area contributed by atoms with Gasteiger partial charge in [-0.25, -0.2) is 12.8 Å². The van der Waals surface area contributed by atoms with Crippen molar-refractivity contribution in [1.82, 2.24) is 4.72 Å². The Balaban J connectivity index is 3.27. The predicted octanol–water partition coefficient (Wildman–Crippen LogP) is 1.41. The minimum absolute atomic E-state index is 0.0777. The topological polar surface area (TPSA) is 72.2 Å². The summed E-state index contributed by atoms with van der Waals surface area (Å²) < 4.78 is 39.7. The third-order valence-corrected chi connectivity index (χ3v) is 4.05. The first-order valence-corrected chi connectivity index (χ1v) is 6.65. The van der Waals surface area contributed by atoms with Crippen LogP contribution in [0.5, 0.6) is 0 Å². The highest BCUT2D eigenvalue weighted by atomic mass is 32.2. The van der Waals surface area contributed by atoms with E-state index >= 15 is 0 Å². The second kappa shape index (κ2) is 4.59. The summed E-state index contributed by atoms with van der Waals surface area (Å²) in [5, 5.41) is 0. The Kier molecular flexibility index (Phi) is 3.70. The molecular weight excluding hydrogens is 255 g/mol. The lowest BCUT2D eigenvalue weighted by Gasteiger charge is -2.19. The first kappa shape index (κ1) is 14.5. The normalized spacial score (nSPS) is 12.2. The van der Waals surface area contributed by atoms with Crippen LogP contribution < -0.4 is 10.5 Å². The maximum Gasteiger partial charge on any atom is 0.242 e. The molecule has 0 aromatic heterocycles. The number of sulfonamides is 1. The zero-order valence-electron chi connectivity index (χ0n) is 10.4. The third-order valence-electron chi connectivity index (χ3n) is 2.42. The van der Waals surface area contributed by atoms with E-state index in [1.807, 2.05) is 0 Å². The van der Waals surface area contributed by atoms with Crippen LogP contribution in [0.1, 0.15) is 19.4 Å². The average molecular weight is 270 g/mol. The summed E-state index contributed by atoms with van der Waals surface area (Å²) in [5.74, 6) is 1.62. The molecule has 0 fully saturated rings. The van der Waals surface area contributed by atoms with Crippen LogP contribution in [0.2, 0.25) is 0 Å². The molecule has 0 amide bonds. The molecule has 0 spiro atoms. The van der Waals surface area contributed by atoms with E-state index in [4.69, 9.17) is 12.2 Å². The van der Waals surface area contributed by atoms with Crippen LogP contribution in [-0.2, 0) is 10.0 Å². The van der Waals surface area contributed by atoms with Crippen molar-refractivity contribution in [2.45, 2.75) is 31.2 Å². The van der Waals surface area contributed by atoms with Crippen molar-refractivity contribution < 1.29 is 12.8 Å². The van der Waals surface area contributed by atoms with Crippen molar-refractivity contribution >= 4 is 15.7 Å².